The molecule has 1 heterocycles. The van der Waals surface area contributed by atoms with Crippen molar-refractivity contribution in [1.82, 2.24) is 15.4 Å². The highest BCUT2D eigenvalue weighted by Gasteiger charge is 2.11. The number of carbonyl (C=O) groups is 1. The van der Waals surface area contributed by atoms with E-state index < -0.39 is 0 Å². The molecule has 128 valence electrons. The fraction of sp³-hybridized carbons (Fsp3) is 0.118. The SMILES string of the molecule is COc1cc(OC)cc(C(=O)NNc2nc(Cl)nc3ccccc23)c1. The van der Waals surface area contributed by atoms with Gasteiger partial charge in [-0.15, -0.1) is 0 Å². The summed E-state index contributed by atoms with van der Waals surface area (Å²) in [5.74, 6) is 1.05. The smallest absolute Gasteiger partial charge is 0.269 e. The molecule has 3 rings (SSSR count). The Morgan fingerprint density at radius 2 is 1.72 bits per heavy atom. The molecule has 1 amide bonds. The molecule has 0 aliphatic rings. The zero-order valence-corrected chi connectivity index (χ0v) is 14.3. The van der Waals surface area contributed by atoms with Crippen LogP contribution in [0.3, 0.4) is 0 Å². The summed E-state index contributed by atoms with van der Waals surface area (Å²) < 4.78 is 10.3. The molecule has 0 spiro atoms. The van der Waals surface area contributed by atoms with E-state index in [0.29, 0.717) is 28.4 Å². The molecular weight excluding hydrogens is 344 g/mol. The maximum Gasteiger partial charge on any atom is 0.269 e. The molecule has 0 unspecified atom stereocenters. The third kappa shape index (κ3) is 3.72. The summed E-state index contributed by atoms with van der Waals surface area (Å²) in [5.41, 5.74) is 6.41. The molecule has 0 atom stereocenters. The first-order valence-corrected chi connectivity index (χ1v) is 7.70. The minimum Gasteiger partial charge on any atom is -0.497 e. The number of nitrogens with one attached hydrogen (secondary N) is 2. The average Bonchev–Trinajstić information content (AvgIpc) is 2.65. The van der Waals surface area contributed by atoms with Crippen molar-refractivity contribution in [1.29, 1.82) is 0 Å². The number of halogens is 1. The first kappa shape index (κ1) is 16.8. The van der Waals surface area contributed by atoms with Gasteiger partial charge in [-0.2, -0.15) is 4.98 Å². The molecule has 0 bridgehead atoms. The fourth-order valence-electron chi connectivity index (χ4n) is 2.27. The lowest BCUT2D eigenvalue weighted by molar-refractivity contribution is 0.0962. The zero-order chi connectivity index (χ0) is 17.8. The topological polar surface area (TPSA) is 85.4 Å². The lowest BCUT2D eigenvalue weighted by Gasteiger charge is -2.12. The Hall–Kier alpha value is -3.06. The Balaban J connectivity index is 1.83. The van der Waals surface area contributed by atoms with Crippen molar-refractivity contribution in [3.05, 3.63) is 53.3 Å². The van der Waals surface area contributed by atoms with E-state index in [0.717, 1.165) is 5.39 Å². The molecule has 3 aromatic rings. The molecule has 0 aliphatic carbocycles. The largest absolute Gasteiger partial charge is 0.497 e. The molecule has 2 N–H and O–H groups in total. The summed E-state index contributed by atoms with van der Waals surface area (Å²) in [6.07, 6.45) is 0. The van der Waals surface area contributed by atoms with Gasteiger partial charge in [-0.05, 0) is 35.9 Å². The average molecular weight is 359 g/mol. The van der Waals surface area contributed by atoms with Crippen LogP contribution in [-0.2, 0) is 0 Å². The quantitative estimate of drug-likeness (QED) is 0.538. The van der Waals surface area contributed by atoms with E-state index in [9.17, 15) is 4.79 Å². The minimum absolute atomic E-state index is 0.0819. The van der Waals surface area contributed by atoms with Crippen LogP contribution in [0.15, 0.2) is 42.5 Å². The number of hydrogen-bond donors (Lipinski definition) is 2. The van der Waals surface area contributed by atoms with Gasteiger partial charge in [-0.3, -0.25) is 15.6 Å². The summed E-state index contributed by atoms with van der Waals surface area (Å²) in [6, 6.07) is 12.2. The third-order valence-electron chi connectivity index (χ3n) is 3.48. The first-order valence-electron chi connectivity index (χ1n) is 7.32. The Kier molecular flexibility index (Phi) is 4.85. The highest BCUT2D eigenvalue weighted by atomic mass is 35.5. The molecule has 0 aliphatic heterocycles. The predicted molar refractivity (Wildman–Crippen MR) is 95.2 cm³/mol. The zero-order valence-electron chi connectivity index (χ0n) is 13.5. The van der Waals surface area contributed by atoms with E-state index in [4.69, 9.17) is 21.1 Å². The van der Waals surface area contributed by atoms with Crippen molar-refractivity contribution in [2.75, 3.05) is 19.6 Å². The summed E-state index contributed by atoms with van der Waals surface area (Å²) >= 11 is 5.93. The number of amides is 1. The van der Waals surface area contributed by atoms with Crippen molar-refractivity contribution < 1.29 is 14.3 Å². The van der Waals surface area contributed by atoms with Gasteiger partial charge in [0.15, 0.2) is 5.82 Å². The van der Waals surface area contributed by atoms with Crippen LogP contribution in [0.1, 0.15) is 10.4 Å². The van der Waals surface area contributed by atoms with Crippen LogP contribution in [0.4, 0.5) is 5.82 Å². The van der Waals surface area contributed by atoms with Gasteiger partial charge in [0.1, 0.15) is 11.5 Å². The van der Waals surface area contributed by atoms with E-state index in [2.05, 4.69) is 20.8 Å². The third-order valence-corrected chi connectivity index (χ3v) is 3.65. The van der Waals surface area contributed by atoms with Crippen LogP contribution in [0, 0.1) is 0 Å². The van der Waals surface area contributed by atoms with Gasteiger partial charge in [0.05, 0.1) is 19.7 Å². The molecule has 25 heavy (non-hydrogen) atoms. The number of nitrogens with zero attached hydrogens (tertiary/aromatic N) is 2. The standard InChI is InChI=1S/C17H15ClN4O3/c1-24-11-7-10(8-12(9-11)25-2)16(23)22-21-15-13-5-3-4-6-14(13)19-17(18)20-15/h3-9H,1-2H3,(H,22,23)(H,19,20,21). The van der Waals surface area contributed by atoms with E-state index in [1.165, 1.54) is 14.2 Å². The van der Waals surface area contributed by atoms with Crippen LogP contribution in [0.5, 0.6) is 11.5 Å². The molecule has 2 aromatic carbocycles. The minimum atomic E-state index is -0.379. The Labute approximate surface area is 148 Å². The van der Waals surface area contributed by atoms with Gasteiger partial charge in [0.25, 0.3) is 5.91 Å². The normalized spacial score (nSPS) is 10.4. The number of aromatic nitrogens is 2. The van der Waals surface area contributed by atoms with Crippen LogP contribution in [0.2, 0.25) is 5.28 Å². The van der Waals surface area contributed by atoms with Crippen molar-refractivity contribution in [3.63, 3.8) is 0 Å². The predicted octanol–water partition coefficient (Wildman–Crippen LogP) is 3.06. The number of methoxy groups -OCH3 is 2. The van der Waals surface area contributed by atoms with Gasteiger partial charge in [0, 0.05) is 17.0 Å². The number of carbonyl (C=O) groups excluding carboxylic acids is 1. The summed E-state index contributed by atoms with van der Waals surface area (Å²) in [4.78, 5) is 20.7. The molecule has 0 saturated carbocycles. The molecule has 0 saturated heterocycles. The second kappa shape index (κ2) is 7.23. The number of hydrogen-bond acceptors (Lipinski definition) is 6. The lowest BCUT2D eigenvalue weighted by Crippen LogP contribution is -2.30. The van der Waals surface area contributed by atoms with Crippen molar-refractivity contribution in [3.8, 4) is 11.5 Å². The van der Waals surface area contributed by atoms with Crippen LogP contribution in [-0.4, -0.2) is 30.1 Å². The van der Waals surface area contributed by atoms with E-state index in [1.807, 2.05) is 24.3 Å². The van der Waals surface area contributed by atoms with Crippen molar-refractivity contribution in [2.24, 2.45) is 0 Å². The molecule has 0 radical (unpaired) electrons. The van der Waals surface area contributed by atoms with Gasteiger partial charge < -0.3 is 9.47 Å². The van der Waals surface area contributed by atoms with Crippen LogP contribution < -0.4 is 20.3 Å². The van der Waals surface area contributed by atoms with E-state index in [-0.39, 0.29) is 11.2 Å². The summed E-state index contributed by atoms with van der Waals surface area (Å²) in [5, 5.41) is 0.814. The summed E-state index contributed by atoms with van der Waals surface area (Å²) in [6.45, 7) is 0. The van der Waals surface area contributed by atoms with Crippen LogP contribution in [0.25, 0.3) is 10.9 Å². The maximum atomic E-state index is 12.4. The number of para-hydroxylation sites is 1. The number of fused-ring (bicyclic) bond motifs is 1. The Morgan fingerprint density at radius 3 is 2.40 bits per heavy atom. The summed E-state index contributed by atoms with van der Waals surface area (Å²) in [7, 11) is 3.04. The number of rotatable bonds is 5. The van der Waals surface area contributed by atoms with Gasteiger partial charge >= 0.3 is 0 Å². The monoisotopic (exact) mass is 358 g/mol. The second-order valence-corrected chi connectivity index (χ2v) is 5.38. The Morgan fingerprint density at radius 1 is 1.04 bits per heavy atom. The number of anilines is 1. The molecule has 0 fully saturated rings. The molecular formula is C17H15ClN4O3. The second-order valence-electron chi connectivity index (χ2n) is 5.04. The highest BCUT2D eigenvalue weighted by Crippen LogP contribution is 2.23. The molecule has 7 nitrogen and oxygen atoms in total. The highest BCUT2D eigenvalue weighted by molar-refractivity contribution is 6.28. The maximum absolute atomic E-state index is 12.4. The number of benzene rings is 2. The van der Waals surface area contributed by atoms with E-state index >= 15 is 0 Å². The van der Waals surface area contributed by atoms with Gasteiger partial charge in [0.2, 0.25) is 5.28 Å². The van der Waals surface area contributed by atoms with Gasteiger partial charge in [-0.25, -0.2) is 4.98 Å². The van der Waals surface area contributed by atoms with Crippen molar-refractivity contribution in [2.45, 2.75) is 0 Å². The van der Waals surface area contributed by atoms with Gasteiger partial charge in [-0.1, -0.05) is 12.1 Å². The lowest BCUT2D eigenvalue weighted by atomic mass is 10.2. The number of ether oxygens (including phenoxy) is 2. The van der Waals surface area contributed by atoms with E-state index in [1.54, 1.807) is 18.2 Å². The molecule has 8 heteroatoms. The Bertz CT molecular complexity index is 911. The molecule has 1 aromatic heterocycles. The fourth-order valence-corrected chi connectivity index (χ4v) is 2.45. The van der Waals surface area contributed by atoms with Crippen LogP contribution >= 0.6 is 11.6 Å². The number of hydrazine groups is 1. The van der Waals surface area contributed by atoms with Crippen molar-refractivity contribution >= 4 is 34.2 Å². The first-order chi connectivity index (χ1) is 12.1.